The van der Waals surface area contributed by atoms with E-state index in [1.165, 1.54) is 4.88 Å². The van der Waals surface area contributed by atoms with Gasteiger partial charge in [0.1, 0.15) is 0 Å². The van der Waals surface area contributed by atoms with Crippen molar-refractivity contribution in [2.75, 3.05) is 25.0 Å². The zero-order chi connectivity index (χ0) is 39.8. The number of thiophene rings is 1. The van der Waals surface area contributed by atoms with Gasteiger partial charge in [-0.05, 0) is 101 Å². The lowest BCUT2D eigenvalue weighted by Crippen LogP contribution is -2.61. The molecule has 58 heavy (non-hydrogen) atoms. The number of anilines is 1. The fourth-order valence-corrected chi connectivity index (χ4v) is 9.34. The van der Waals surface area contributed by atoms with Gasteiger partial charge in [0.2, 0.25) is 0 Å². The predicted molar refractivity (Wildman–Crippen MR) is 238 cm³/mol. The van der Waals surface area contributed by atoms with Gasteiger partial charge in [-0.15, -0.1) is 11.3 Å². The molecule has 0 aliphatic carbocycles. The van der Waals surface area contributed by atoms with Crippen LogP contribution in [-0.2, 0) is 13.0 Å². The van der Waals surface area contributed by atoms with Gasteiger partial charge in [-0.25, -0.2) is 0 Å². The molecule has 8 nitrogen and oxygen atoms in total. The fraction of sp³-hybridized carbons (Fsp3) is 0.250. The van der Waals surface area contributed by atoms with E-state index >= 15 is 0 Å². The molecule has 9 rings (SSSR count). The number of hydrogen-bond acceptors (Lipinski definition) is 6. The van der Waals surface area contributed by atoms with Gasteiger partial charge in [-0.2, -0.15) is 0 Å². The van der Waals surface area contributed by atoms with E-state index in [0.717, 1.165) is 81.4 Å². The van der Waals surface area contributed by atoms with E-state index in [1.54, 1.807) is 17.4 Å². The summed E-state index contributed by atoms with van der Waals surface area (Å²) < 4.78 is 2.29. The highest BCUT2D eigenvalue weighted by Crippen LogP contribution is 2.32. The van der Waals surface area contributed by atoms with Crippen LogP contribution in [0, 0.1) is 5.92 Å². The Morgan fingerprint density at radius 2 is 1.66 bits per heavy atom. The molecule has 0 saturated carbocycles. The minimum atomic E-state index is -0.229. The van der Waals surface area contributed by atoms with Crippen molar-refractivity contribution in [3.8, 4) is 10.4 Å². The van der Waals surface area contributed by atoms with E-state index in [9.17, 15) is 9.59 Å². The molecule has 2 aliphatic heterocycles. The zero-order valence-electron chi connectivity index (χ0n) is 32.6. The Balaban J connectivity index is 0.927. The number of carbonyl (C=O) groups is 2. The number of carbonyl (C=O) groups excluding carboxylic acids is 2. The molecule has 2 fully saturated rings. The molecule has 2 aromatic heterocycles. The van der Waals surface area contributed by atoms with Crippen molar-refractivity contribution >= 4 is 62.1 Å². The molecular formula is C48H47ClN6O2S. The van der Waals surface area contributed by atoms with Gasteiger partial charge in [0.05, 0.1) is 34.3 Å². The van der Waals surface area contributed by atoms with Crippen LogP contribution in [0.3, 0.4) is 0 Å². The lowest BCUT2D eigenvalue weighted by Gasteiger charge is -2.40. The van der Waals surface area contributed by atoms with Crippen LogP contribution in [-0.4, -0.2) is 48.1 Å². The van der Waals surface area contributed by atoms with Crippen LogP contribution in [0.25, 0.3) is 32.1 Å². The first-order valence-electron chi connectivity index (χ1n) is 20.1. The van der Waals surface area contributed by atoms with Crippen LogP contribution in [0.1, 0.15) is 63.3 Å². The molecule has 10 heteroatoms. The number of hydrogen-bond donors (Lipinski definition) is 5. The third-order valence-corrected chi connectivity index (χ3v) is 13.1. The maximum atomic E-state index is 14.5. The van der Waals surface area contributed by atoms with Crippen LogP contribution in [0.4, 0.5) is 5.69 Å². The number of amides is 2. The molecule has 2 saturated heterocycles. The SMILES string of the molecule is C[C@@H](NC(=O)c1cc(NC2CNC2Cc2ccc3c(ccn3CC3CNC3)c2C(=O)N[C@H](C)c2cccc3ccccc23)ccc1Cl)c1cccc(-c2cccs2)c1. The summed E-state index contributed by atoms with van der Waals surface area (Å²) in [6.07, 6.45) is 2.78. The summed E-state index contributed by atoms with van der Waals surface area (Å²) in [6, 6.07) is 38.7. The van der Waals surface area contributed by atoms with E-state index in [1.807, 2.05) is 49.4 Å². The standard InChI is InChI=1S/C48H47ClN6O2S/c1-29(33-10-5-11-34(22-33)45-14-7-21-58-45)52-47(56)40-24-36(16-17-41(40)49)54-43-27-51-42(43)23-35-15-18-44-39(19-20-55(44)28-31-25-50-26-31)46(35)48(57)53-30(2)37-13-6-9-32-8-3-4-12-38(32)37/h3-22,24,29-31,42-43,50-51,54H,23,25-28H2,1-2H3,(H,52,56)(H,53,57)/t29-,30-,42?,43?/m1/s1. The molecule has 2 aliphatic rings. The second kappa shape index (κ2) is 16.4. The predicted octanol–water partition coefficient (Wildman–Crippen LogP) is 9.37. The first kappa shape index (κ1) is 38.1. The van der Waals surface area contributed by atoms with E-state index in [0.29, 0.717) is 22.9 Å². The second-order valence-electron chi connectivity index (χ2n) is 15.8. The van der Waals surface area contributed by atoms with E-state index in [-0.39, 0.29) is 36.0 Å². The molecule has 5 N–H and O–H groups in total. The lowest BCUT2D eigenvalue weighted by molar-refractivity contribution is 0.0932. The van der Waals surface area contributed by atoms with Crippen molar-refractivity contribution in [1.82, 2.24) is 25.8 Å². The number of halogens is 1. The molecule has 2 unspecified atom stereocenters. The van der Waals surface area contributed by atoms with Gasteiger partial charge >= 0.3 is 0 Å². The Kier molecular flexibility index (Phi) is 10.8. The summed E-state index contributed by atoms with van der Waals surface area (Å²) in [7, 11) is 0. The number of rotatable bonds is 13. The smallest absolute Gasteiger partial charge is 0.253 e. The minimum absolute atomic E-state index is 0.0613. The van der Waals surface area contributed by atoms with Crippen LogP contribution in [0.5, 0.6) is 0 Å². The first-order chi connectivity index (χ1) is 28.3. The summed E-state index contributed by atoms with van der Waals surface area (Å²) in [4.78, 5) is 29.3. The summed E-state index contributed by atoms with van der Waals surface area (Å²) in [6.45, 7) is 7.75. The minimum Gasteiger partial charge on any atom is -0.379 e. The molecule has 2 amide bonds. The monoisotopic (exact) mass is 806 g/mol. The second-order valence-corrected chi connectivity index (χ2v) is 17.1. The maximum absolute atomic E-state index is 14.5. The Morgan fingerprint density at radius 3 is 2.45 bits per heavy atom. The highest BCUT2D eigenvalue weighted by atomic mass is 35.5. The number of nitrogens with one attached hydrogen (secondary N) is 5. The highest BCUT2D eigenvalue weighted by molar-refractivity contribution is 7.13. The molecule has 7 aromatic rings. The summed E-state index contributed by atoms with van der Waals surface area (Å²) in [5.41, 5.74) is 7.28. The van der Waals surface area contributed by atoms with Gasteiger partial charge < -0.3 is 31.2 Å². The average Bonchev–Trinajstić information content (AvgIpc) is 3.91. The zero-order valence-corrected chi connectivity index (χ0v) is 34.2. The van der Waals surface area contributed by atoms with Gasteiger partial charge in [0.15, 0.2) is 0 Å². The molecule has 0 spiro atoms. The summed E-state index contributed by atoms with van der Waals surface area (Å²) >= 11 is 8.32. The normalized spacial score (nSPS) is 17.6. The van der Waals surface area contributed by atoms with Crippen LogP contribution < -0.4 is 26.6 Å². The van der Waals surface area contributed by atoms with Gasteiger partial charge in [0.25, 0.3) is 11.8 Å². The molecule has 294 valence electrons. The fourth-order valence-electron chi connectivity index (χ4n) is 8.42. The Hall–Kier alpha value is -5.45. The Labute approximate surface area is 348 Å². The topological polar surface area (TPSA) is 99.2 Å². The molecule has 4 atom stereocenters. The maximum Gasteiger partial charge on any atom is 0.253 e. The van der Waals surface area contributed by atoms with E-state index in [2.05, 4.69) is 116 Å². The van der Waals surface area contributed by atoms with Crippen molar-refractivity contribution in [1.29, 1.82) is 0 Å². The molecular weight excluding hydrogens is 760 g/mol. The van der Waals surface area contributed by atoms with Crippen molar-refractivity contribution in [3.63, 3.8) is 0 Å². The van der Waals surface area contributed by atoms with Crippen molar-refractivity contribution < 1.29 is 9.59 Å². The summed E-state index contributed by atoms with van der Waals surface area (Å²) in [5, 5.41) is 22.9. The highest BCUT2D eigenvalue weighted by Gasteiger charge is 2.33. The van der Waals surface area contributed by atoms with Gasteiger partial charge in [-0.3, -0.25) is 9.59 Å². The molecule has 5 aromatic carbocycles. The number of fused-ring (bicyclic) bond motifs is 2. The third-order valence-electron chi connectivity index (χ3n) is 11.9. The van der Waals surface area contributed by atoms with E-state index in [4.69, 9.17) is 11.6 Å². The molecule has 4 heterocycles. The number of aromatic nitrogens is 1. The Morgan fingerprint density at radius 1 is 0.828 bits per heavy atom. The quantitative estimate of drug-likeness (QED) is 0.0801. The lowest BCUT2D eigenvalue weighted by atomic mass is 9.89. The van der Waals surface area contributed by atoms with Crippen LogP contribution in [0.15, 0.2) is 127 Å². The van der Waals surface area contributed by atoms with Crippen molar-refractivity contribution in [3.05, 3.63) is 160 Å². The largest absolute Gasteiger partial charge is 0.379 e. The Bertz CT molecular complexity index is 2610. The van der Waals surface area contributed by atoms with Crippen molar-refractivity contribution in [2.24, 2.45) is 5.92 Å². The first-order valence-corrected chi connectivity index (χ1v) is 21.4. The van der Waals surface area contributed by atoms with Crippen LogP contribution >= 0.6 is 22.9 Å². The number of nitrogens with zero attached hydrogens (tertiary/aromatic N) is 1. The summed E-state index contributed by atoms with van der Waals surface area (Å²) in [5.74, 6) is 0.281. The van der Waals surface area contributed by atoms with Gasteiger partial charge in [0, 0.05) is 65.8 Å². The average molecular weight is 807 g/mol. The van der Waals surface area contributed by atoms with Gasteiger partial charge in [-0.1, -0.05) is 84.4 Å². The molecule has 0 bridgehead atoms. The molecule has 0 radical (unpaired) electrons. The van der Waals surface area contributed by atoms with E-state index < -0.39 is 0 Å². The third kappa shape index (κ3) is 7.75. The van der Waals surface area contributed by atoms with Crippen molar-refractivity contribution in [2.45, 2.75) is 51.0 Å². The van der Waals surface area contributed by atoms with Crippen LogP contribution in [0.2, 0.25) is 5.02 Å². The number of benzene rings is 5.